The average molecular weight is 418 g/mol. The molecule has 9 nitrogen and oxygen atoms in total. The molecule has 0 spiro atoms. The molecule has 0 aromatic heterocycles. The molecule has 0 radical (unpaired) electrons. The molecule has 4 rings (SSSR count). The molecular formula is C21H22O9. The third-order valence-electron chi connectivity index (χ3n) is 5.76. The van der Waals surface area contributed by atoms with E-state index in [9.17, 15) is 40.5 Å². The van der Waals surface area contributed by atoms with E-state index in [-0.39, 0.29) is 39.6 Å². The van der Waals surface area contributed by atoms with Crippen molar-refractivity contribution in [3.8, 4) is 11.5 Å². The van der Waals surface area contributed by atoms with Gasteiger partial charge in [0.05, 0.1) is 24.2 Å². The van der Waals surface area contributed by atoms with Crippen molar-refractivity contribution < 1.29 is 45.3 Å². The lowest BCUT2D eigenvalue weighted by Gasteiger charge is -2.41. The molecule has 1 aliphatic carbocycles. The average Bonchev–Trinajstić information content (AvgIpc) is 2.73. The second-order valence-corrected chi connectivity index (χ2v) is 7.56. The number of phenols is 2. The lowest BCUT2D eigenvalue weighted by atomic mass is 9.80. The molecular weight excluding hydrogens is 396 g/mol. The number of ketones is 1. The van der Waals surface area contributed by atoms with Crippen molar-refractivity contribution in [2.75, 3.05) is 13.2 Å². The summed E-state index contributed by atoms with van der Waals surface area (Å²) in [5.74, 6) is -1.24. The first kappa shape index (κ1) is 20.7. The van der Waals surface area contributed by atoms with Crippen molar-refractivity contribution in [3.63, 3.8) is 0 Å². The van der Waals surface area contributed by atoms with Gasteiger partial charge < -0.3 is 40.5 Å². The van der Waals surface area contributed by atoms with Crippen molar-refractivity contribution in [2.24, 2.45) is 0 Å². The summed E-state index contributed by atoms with van der Waals surface area (Å²) < 4.78 is 5.70. The molecule has 5 atom stereocenters. The largest absolute Gasteiger partial charge is 0.507 e. The number of Topliss-reactive ketones (excluding diaryl/α,β-unsaturated/α-hetero) is 1. The van der Waals surface area contributed by atoms with Gasteiger partial charge in [-0.3, -0.25) is 4.79 Å². The Morgan fingerprint density at radius 1 is 1.03 bits per heavy atom. The SMILES string of the molecule is O=C1CC(CO)=Cc2c1c(O)c1c(O)cccc1c2[C@@H]1O[C@H](CO)[C@@H](O)[C@H](O)[C@H]1O. The second kappa shape index (κ2) is 7.62. The fourth-order valence-corrected chi connectivity index (χ4v) is 4.28. The highest BCUT2D eigenvalue weighted by Crippen LogP contribution is 2.48. The molecule has 0 amide bonds. The summed E-state index contributed by atoms with van der Waals surface area (Å²) in [6, 6.07) is 4.36. The summed E-state index contributed by atoms with van der Waals surface area (Å²) >= 11 is 0. The smallest absolute Gasteiger partial charge is 0.171 e. The number of carbonyl (C=O) groups is 1. The van der Waals surface area contributed by atoms with Crippen molar-refractivity contribution >= 4 is 22.6 Å². The number of ether oxygens (including phenoxy) is 1. The Kier molecular flexibility index (Phi) is 5.27. The van der Waals surface area contributed by atoms with Crippen LogP contribution >= 0.6 is 0 Å². The first-order valence-electron chi connectivity index (χ1n) is 9.44. The van der Waals surface area contributed by atoms with Crippen LogP contribution in [0.2, 0.25) is 0 Å². The van der Waals surface area contributed by atoms with Crippen LogP contribution in [0.3, 0.4) is 0 Å². The second-order valence-electron chi connectivity index (χ2n) is 7.56. The number of benzene rings is 2. The van der Waals surface area contributed by atoms with Gasteiger partial charge in [0.1, 0.15) is 42.0 Å². The zero-order valence-corrected chi connectivity index (χ0v) is 15.8. The molecule has 1 heterocycles. The van der Waals surface area contributed by atoms with Crippen LogP contribution in [0.15, 0.2) is 23.8 Å². The van der Waals surface area contributed by atoms with Crippen molar-refractivity contribution in [3.05, 3.63) is 40.5 Å². The number of carbonyl (C=O) groups excluding carboxylic acids is 1. The summed E-state index contributed by atoms with van der Waals surface area (Å²) in [5, 5.41) is 71.5. The van der Waals surface area contributed by atoms with Gasteiger partial charge in [-0.25, -0.2) is 0 Å². The molecule has 0 bridgehead atoms. The molecule has 2 aromatic rings. The quantitative estimate of drug-likeness (QED) is 0.355. The first-order valence-corrected chi connectivity index (χ1v) is 9.44. The number of aliphatic hydroxyl groups excluding tert-OH is 5. The van der Waals surface area contributed by atoms with Gasteiger partial charge in [0.15, 0.2) is 5.78 Å². The lowest BCUT2D eigenvalue weighted by molar-refractivity contribution is -0.231. The number of aliphatic hydroxyl groups is 5. The van der Waals surface area contributed by atoms with E-state index in [0.717, 1.165) is 0 Å². The fourth-order valence-electron chi connectivity index (χ4n) is 4.28. The molecule has 30 heavy (non-hydrogen) atoms. The highest BCUT2D eigenvalue weighted by molar-refractivity contribution is 6.13. The van der Waals surface area contributed by atoms with E-state index in [1.54, 1.807) is 0 Å². The standard InChI is InChI=1S/C21H22O9/c22-6-8-4-10-14(21-20(29)19(28)17(26)13(7-23)30-21)9-2-1-3-11(24)15(9)18(27)16(10)12(25)5-8/h1-4,13,17,19-24,26-29H,5-7H2/t13-,17-,19+,20-,21+/m1/s1. The molecule has 0 saturated carbocycles. The van der Waals surface area contributed by atoms with Gasteiger partial charge in [-0.1, -0.05) is 18.2 Å². The Balaban J connectivity index is 2.07. The Hall–Kier alpha value is -2.53. The number of rotatable bonds is 3. The van der Waals surface area contributed by atoms with Gasteiger partial charge in [0.25, 0.3) is 0 Å². The summed E-state index contributed by atoms with van der Waals surface area (Å²) in [6.45, 7) is -1.04. The monoisotopic (exact) mass is 418 g/mol. The Bertz CT molecular complexity index is 1040. The summed E-state index contributed by atoms with van der Waals surface area (Å²) in [6.07, 6.45) is -5.99. The molecule has 2 aliphatic rings. The number of hydrogen-bond acceptors (Lipinski definition) is 9. The maximum absolute atomic E-state index is 12.8. The highest BCUT2D eigenvalue weighted by atomic mass is 16.5. The number of aromatic hydroxyl groups is 2. The highest BCUT2D eigenvalue weighted by Gasteiger charge is 2.46. The van der Waals surface area contributed by atoms with Gasteiger partial charge in [0, 0.05) is 6.42 Å². The van der Waals surface area contributed by atoms with E-state index in [4.69, 9.17) is 4.74 Å². The third-order valence-corrected chi connectivity index (χ3v) is 5.76. The zero-order chi connectivity index (χ0) is 21.7. The van der Waals surface area contributed by atoms with Crippen LogP contribution in [0, 0.1) is 0 Å². The van der Waals surface area contributed by atoms with Crippen LogP contribution in [0.1, 0.15) is 34.0 Å². The minimum absolute atomic E-state index is 0.0302. The van der Waals surface area contributed by atoms with E-state index >= 15 is 0 Å². The molecule has 9 heteroatoms. The van der Waals surface area contributed by atoms with Gasteiger partial charge in [0.2, 0.25) is 0 Å². The lowest BCUT2D eigenvalue weighted by Crippen LogP contribution is -2.55. The zero-order valence-electron chi connectivity index (χ0n) is 15.8. The van der Waals surface area contributed by atoms with Gasteiger partial charge in [-0.2, -0.15) is 0 Å². The molecule has 1 aliphatic heterocycles. The van der Waals surface area contributed by atoms with Crippen LogP contribution in [0.25, 0.3) is 16.8 Å². The van der Waals surface area contributed by atoms with Gasteiger partial charge >= 0.3 is 0 Å². The van der Waals surface area contributed by atoms with Crippen molar-refractivity contribution in [2.45, 2.75) is 36.9 Å². The van der Waals surface area contributed by atoms with Crippen LogP contribution < -0.4 is 0 Å². The van der Waals surface area contributed by atoms with Crippen LogP contribution in [0.4, 0.5) is 0 Å². The predicted octanol–water partition coefficient (Wildman–Crippen LogP) is -0.272. The third kappa shape index (κ3) is 2.99. The molecule has 2 aromatic carbocycles. The maximum Gasteiger partial charge on any atom is 0.171 e. The maximum atomic E-state index is 12.8. The van der Waals surface area contributed by atoms with Crippen LogP contribution in [0.5, 0.6) is 11.5 Å². The fraction of sp³-hybridized carbons (Fsp3) is 0.381. The minimum atomic E-state index is -1.65. The Labute approximate surface area is 170 Å². The molecule has 1 fully saturated rings. The summed E-state index contributed by atoms with van der Waals surface area (Å²) in [7, 11) is 0. The summed E-state index contributed by atoms with van der Waals surface area (Å²) in [5.41, 5.74) is 0.630. The van der Waals surface area contributed by atoms with E-state index in [0.29, 0.717) is 5.57 Å². The van der Waals surface area contributed by atoms with E-state index < -0.39 is 55.3 Å². The first-order chi connectivity index (χ1) is 14.3. The van der Waals surface area contributed by atoms with Crippen LogP contribution in [-0.4, -0.2) is 79.2 Å². The number of fused-ring (bicyclic) bond motifs is 2. The van der Waals surface area contributed by atoms with Crippen LogP contribution in [-0.2, 0) is 4.74 Å². The number of hydrogen-bond donors (Lipinski definition) is 7. The topological polar surface area (TPSA) is 168 Å². The molecule has 160 valence electrons. The molecule has 1 saturated heterocycles. The normalized spacial score (nSPS) is 29.0. The predicted molar refractivity (Wildman–Crippen MR) is 104 cm³/mol. The van der Waals surface area contributed by atoms with Gasteiger partial charge in [-0.05, 0) is 28.2 Å². The minimum Gasteiger partial charge on any atom is -0.507 e. The Morgan fingerprint density at radius 3 is 2.43 bits per heavy atom. The van der Waals surface area contributed by atoms with Gasteiger partial charge in [-0.15, -0.1) is 0 Å². The molecule has 0 unspecified atom stereocenters. The number of phenolic OH excluding ortho intramolecular Hbond substituents is 2. The summed E-state index contributed by atoms with van der Waals surface area (Å²) in [4.78, 5) is 12.8. The Morgan fingerprint density at radius 2 is 1.77 bits per heavy atom. The van der Waals surface area contributed by atoms with Crippen molar-refractivity contribution in [1.82, 2.24) is 0 Å². The van der Waals surface area contributed by atoms with E-state index in [1.807, 2.05) is 0 Å². The van der Waals surface area contributed by atoms with E-state index in [2.05, 4.69) is 0 Å². The van der Waals surface area contributed by atoms with Crippen molar-refractivity contribution in [1.29, 1.82) is 0 Å². The van der Waals surface area contributed by atoms with E-state index in [1.165, 1.54) is 24.3 Å². The molecule has 7 N–H and O–H groups in total.